The predicted molar refractivity (Wildman–Crippen MR) is 101 cm³/mol. The first-order chi connectivity index (χ1) is 13.0. The standard InChI is InChI=1S/C18H15F2N5OS/c1-24-16(26)13-4-2-3-5-14(13)25-15(22-23-18(24)25)10-21-11-6-8-12(9-7-11)27-17(19)20/h2-9,17,21H,10H2,1H3. The molecule has 1 N–H and O–H groups in total. The molecule has 4 rings (SSSR count). The summed E-state index contributed by atoms with van der Waals surface area (Å²) < 4.78 is 28.1. The fraction of sp³-hybridized carbons (Fsp3) is 0.167. The van der Waals surface area contributed by atoms with E-state index in [9.17, 15) is 13.6 Å². The maximum absolute atomic E-state index is 12.4. The van der Waals surface area contributed by atoms with Gasteiger partial charge in [0, 0.05) is 17.6 Å². The fourth-order valence-corrected chi connectivity index (χ4v) is 3.44. The first-order valence-corrected chi connectivity index (χ1v) is 9.03. The number of anilines is 1. The Labute approximate surface area is 156 Å². The van der Waals surface area contributed by atoms with Gasteiger partial charge >= 0.3 is 0 Å². The molecule has 0 spiro atoms. The highest BCUT2D eigenvalue weighted by molar-refractivity contribution is 7.99. The number of nitrogens with one attached hydrogen (secondary N) is 1. The van der Waals surface area contributed by atoms with E-state index in [-0.39, 0.29) is 5.56 Å². The molecule has 0 atom stereocenters. The molecule has 0 aliphatic carbocycles. The maximum atomic E-state index is 12.4. The molecule has 0 aliphatic heterocycles. The summed E-state index contributed by atoms with van der Waals surface area (Å²) in [6, 6.07) is 14.1. The number of halogens is 2. The Bertz CT molecular complexity index is 1170. The van der Waals surface area contributed by atoms with Crippen molar-refractivity contribution in [1.82, 2.24) is 19.2 Å². The molecular formula is C18H15F2N5OS. The van der Waals surface area contributed by atoms with Gasteiger partial charge in [-0.25, -0.2) is 0 Å². The summed E-state index contributed by atoms with van der Waals surface area (Å²) >= 11 is 0.509. The zero-order valence-corrected chi connectivity index (χ0v) is 15.1. The van der Waals surface area contributed by atoms with E-state index in [0.717, 1.165) is 11.2 Å². The number of thioether (sulfide) groups is 1. The molecule has 9 heteroatoms. The first-order valence-electron chi connectivity index (χ1n) is 8.15. The highest BCUT2D eigenvalue weighted by Gasteiger charge is 2.14. The Morgan fingerprint density at radius 1 is 1.11 bits per heavy atom. The quantitative estimate of drug-likeness (QED) is 0.531. The number of aromatic nitrogens is 4. The number of hydrogen-bond acceptors (Lipinski definition) is 5. The van der Waals surface area contributed by atoms with Crippen LogP contribution in [0.5, 0.6) is 0 Å². The van der Waals surface area contributed by atoms with Crippen molar-refractivity contribution in [1.29, 1.82) is 0 Å². The van der Waals surface area contributed by atoms with Gasteiger partial charge in [0.05, 0.1) is 17.4 Å². The van der Waals surface area contributed by atoms with Gasteiger partial charge in [0.1, 0.15) is 0 Å². The van der Waals surface area contributed by atoms with Crippen molar-refractivity contribution in [3.8, 4) is 0 Å². The van der Waals surface area contributed by atoms with Crippen LogP contribution in [0.3, 0.4) is 0 Å². The first kappa shape index (κ1) is 17.5. The number of nitrogens with zero attached hydrogens (tertiary/aromatic N) is 4. The average Bonchev–Trinajstić information content (AvgIpc) is 3.09. The monoisotopic (exact) mass is 387 g/mol. The Morgan fingerprint density at radius 2 is 1.85 bits per heavy atom. The van der Waals surface area contributed by atoms with Crippen molar-refractivity contribution < 1.29 is 8.78 Å². The smallest absolute Gasteiger partial charge is 0.288 e. The number of para-hydroxylation sites is 1. The molecule has 2 heterocycles. The van der Waals surface area contributed by atoms with Gasteiger partial charge in [-0.05, 0) is 36.4 Å². The van der Waals surface area contributed by atoms with Crippen LogP contribution in [-0.4, -0.2) is 24.9 Å². The molecule has 0 saturated carbocycles. The summed E-state index contributed by atoms with van der Waals surface area (Å²) in [4.78, 5) is 13.0. The normalized spacial score (nSPS) is 11.6. The van der Waals surface area contributed by atoms with E-state index in [1.54, 1.807) is 37.4 Å². The fourth-order valence-electron chi connectivity index (χ4n) is 2.94. The van der Waals surface area contributed by atoms with Gasteiger partial charge in [-0.15, -0.1) is 10.2 Å². The van der Waals surface area contributed by atoms with Crippen LogP contribution in [0, 0.1) is 0 Å². The van der Waals surface area contributed by atoms with E-state index in [2.05, 4.69) is 15.5 Å². The molecule has 4 aromatic rings. The molecule has 0 aliphatic rings. The van der Waals surface area contributed by atoms with Gasteiger partial charge in [0.25, 0.3) is 11.3 Å². The summed E-state index contributed by atoms with van der Waals surface area (Å²) in [7, 11) is 1.66. The molecule has 2 aromatic carbocycles. The Kier molecular flexibility index (Phi) is 4.53. The van der Waals surface area contributed by atoms with E-state index in [0.29, 0.717) is 40.2 Å². The summed E-state index contributed by atoms with van der Waals surface area (Å²) in [6.45, 7) is 0.366. The molecule has 0 fully saturated rings. The predicted octanol–water partition coefficient (Wildman–Crippen LogP) is 3.51. The van der Waals surface area contributed by atoms with Crippen molar-refractivity contribution in [3.63, 3.8) is 0 Å². The average molecular weight is 387 g/mol. The summed E-state index contributed by atoms with van der Waals surface area (Å²) in [5, 5.41) is 12.1. The third-order valence-corrected chi connectivity index (χ3v) is 4.95. The molecule has 138 valence electrons. The van der Waals surface area contributed by atoms with Crippen LogP contribution in [-0.2, 0) is 13.6 Å². The number of benzene rings is 2. The van der Waals surface area contributed by atoms with Crippen LogP contribution in [0.2, 0.25) is 0 Å². The lowest BCUT2D eigenvalue weighted by molar-refractivity contribution is 0.252. The molecule has 0 amide bonds. The van der Waals surface area contributed by atoms with E-state index in [4.69, 9.17) is 0 Å². The van der Waals surface area contributed by atoms with Crippen LogP contribution in [0.4, 0.5) is 14.5 Å². The van der Waals surface area contributed by atoms with Crippen molar-refractivity contribution in [2.75, 3.05) is 5.32 Å². The second kappa shape index (κ2) is 6.99. The number of fused-ring (bicyclic) bond motifs is 3. The summed E-state index contributed by atoms with van der Waals surface area (Å²) in [6.07, 6.45) is 0. The molecule has 0 radical (unpaired) electrons. The van der Waals surface area contributed by atoms with E-state index in [1.165, 1.54) is 4.57 Å². The Balaban J connectivity index is 1.66. The molecule has 6 nitrogen and oxygen atoms in total. The maximum Gasteiger partial charge on any atom is 0.288 e. The molecule has 0 bridgehead atoms. The lowest BCUT2D eigenvalue weighted by Gasteiger charge is -2.09. The van der Waals surface area contributed by atoms with Crippen molar-refractivity contribution in [3.05, 3.63) is 64.7 Å². The van der Waals surface area contributed by atoms with Crippen LogP contribution < -0.4 is 10.9 Å². The van der Waals surface area contributed by atoms with Crippen molar-refractivity contribution in [2.24, 2.45) is 7.05 Å². The van der Waals surface area contributed by atoms with Crippen molar-refractivity contribution >= 4 is 34.1 Å². The Morgan fingerprint density at radius 3 is 2.59 bits per heavy atom. The molecule has 2 aromatic heterocycles. The van der Waals surface area contributed by atoms with Crippen LogP contribution in [0.1, 0.15) is 5.82 Å². The second-order valence-electron chi connectivity index (χ2n) is 5.89. The molecule has 0 unspecified atom stereocenters. The Hall–Kier alpha value is -2.94. The second-order valence-corrected chi connectivity index (χ2v) is 6.95. The molecule has 0 saturated heterocycles. The van der Waals surface area contributed by atoms with Gasteiger partial charge in [0.2, 0.25) is 5.78 Å². The minimum Gasteiger partial charge on any atom is -0.378 e. The van der Waals surface area contributed by atoms with Gasteiger partial charge < -0.3 is 5.32 Å². The van der Waals surface area contributed by atoms with Gasteiger partial charge in [-0.1, -0.05) is 23.9 Å². The number of hydrogen-bond donors (Lipinski definition) is 1. The summed E-state index contributed by atoms with van der Waals surface area (Å²) in [5.74, 6) is -1.34. The summed E-state index contributed by atoms with van der Waals surface area (Å²) in [5.41, 5.74) is 1.39. The minimum atomic E-state index is -2.44. The molecular weight excluding hydrogens is 372 g/mol. The molecule has 27 heavy (non-hydrogen) atoms. The highest BCUT2D eigenvalue weighted by Crippen LogP contribution is 2.26. The van der Waals surface area contributed by atoms with Gasteiger partial charge in [0.15, 0.2) is 5.82 Å². The third-order valence-electron chi connectivity index (χ3n) is 4.22. The lowest BCUT2D eigenvalue weighted by Crippen LogP contribution is -2.20. The number of rotatable bonds is 5. The number of aryl methyl sites for hydroxylation is 1. The van der Waals surface area contributed by atoms with Gasteiger partial charge in [-0.2, -0.15) is 8.78 Å². The number of alkyl halides is 2. The van der Waals surface area contributed by atoms with E-state index < -0.39 is 5.76 Å². The van der Waals surface area contributed by atoms with Crippen LogP contribution >= 0.6 is 11.8 Å². The van der Waals surface area contributed by atoms with Gasteiger partial charge in [-0.3, -0.25) is 13.8 Å². The largest absolute Gasteiger partial charge is 0.378 e. The minimum absolute atomic E-state index is 0.128. The zero-order valence-electron chi connectivity index (χ0n) is 14.3. The van der Waals surface area contributed by atoms with Crippen molar-refractivity contribution in [2.45, 2.75) is 17.2 Å². The zero-order chi connectivity index (χ0) is 19.0. The van der Waals surface area contributed by atoms with Crippen LogP contribution in [0.15, 0.2) is 58.2 Å². The third kappa shape index (κ3) is 3.25. The van der Waals surface area contributed by atoms with E-state index in [1.807, 2.05) is 22.6 Å². The SMILES string of the molecule is Cn1c(=O)c2ccccc2n2c(CNc3ccc(SC(F)F)cc3)nnc12. The lowest BCUT2D eigenvalue weighted by atomic mass is 10.2. The van der Waals surface area contributed by atoms with E-state index >= 15 is 0 Å². The highest BCUT2D eigenvalue weighted by atomic mass is 32.2. The topological polar surface area (TPSA) is 64.2 Å². The van der Waals surface area contributed by atoms with Crippen LogP contribution in [0.25, 0.3) is 16.7 Å².